The lowest BCUT2D eigenvalue weighted by molar-refractivity contribution is -0.141. The number of hydrogen-bond donors (Lipinski definition) is 1. The van der Waals surface area contributed by atoms with Crippen LogP contribution >= 0.6 is 0 Å². The molecule has 0 heterocycles. The van der Waals surface area contributed by atoms with Gasteiger partial charge in [-0.05, 0) is 19.1 Å². The molecule has 15 heavy (non-hydrogen) atoms. The number of amides is 1. The molecule has 1 N–H and O–H groups in total. The maximum absolute atomic E-state index is 11.4. The van der Waals surface area contributed by atoms with E-state index in [1.54, 1.807) is 12.1 Å². The molecule has 0 unspecified atom stereocenters. The molecule has 0 saturated heterocycles. The first kappa shape index (κ1) is 11.2. The topological polar surface area (TPSA) is 55.4 Å². The van der Waals surface area contributed by atoms with E-state index in [9.17, 15) is 9.59 Å². The van der Waals surface area contributed by atoms with Crippen LogP contribution in [0.1, 0.15) is 22.8 Å². The zero-order chi connectivity index (χ0) is 11.3. The second-order valence-corrected chi connectivity index (χ2v) is 3.15. The van der Waals surface area contributed by atoms with Crippen LogP contribution in [-0.4, -0.2) is 18.6 Å². The molecule has 0 saturated carbocycles. The van der Waals surface area contributed by atoms with E-state index < -0.39 is 5.97 Å². The van der Waals surface area contributed by atoms with Gasteiger partial charge in [-0.15, -0.1) is 0 Å². The molecule has 0 atom stereocenters. The van der Waals surface area contributed by atoms with E-state index in [2.05, 4.69) is 10.1 Å². The summed E-state index contributed by atoms with van der Waals surface area (Å²) in [7, 11) is 0. The lowest BCUT2D eigenvalue weighted by Gasteiger charge is -2.05. The Morgan fingerprint density at radius 1 is 1.27 bits per heavy atom. The third-order valence-corrected chi connectivity index (χ3v) is 1.82. The number of aryl methyl sites for hydroxylation is 1. The molecule has 0 spiro atoms. The van der Waals surface area contributed by atoms with Gasteiger partial charge in [0.15, 0.2) is 6.73 Å². The Morgan fingerprint density at radius 3 is 2.40 bits per heavy atom. The number of nitrogens with one attached hydrogen (secondary N) is 1. The zero-order valence-corrected chi connectivity index (χ0v) is 8.74. The van der Waals surface area contributed by atoms with Crippen LogP contribution in [0.25, 0.3) is 0 Å². The Hall–Kier alpha value is -1.84. The minimum absolute atomic E-state index is 0.0952. The van der Waals surface area contributed by atoms with Crippen molar-refractivity contribution in [2.45, 2.75) is 13.8 Å². The number of rotatable bonds is 3. The summed E-state index contributed by atoms with van der Waals surface area (Å²) in [6, 6.07) is 7.14. The van der Waals surface area contributed by atoms with E-state index in [1.165, 1.54) is 6.92 Å². The molecule has 0 bridgehead atoms. The molecule has 1 aromatic rings. The second kappa shape index (κ2) is 5.14. The van der Waals surface area contributed by atoms with Crippen molar-refractivity contribution in [3.63, 3.8) is 0 Å². The van der Waals surface area contributed by atoms with Crippen LogP contribution in [0.15, 0.2) is 24.3 Å². The van der Waals surface area contributed by atoms with E-state index in [0.29, 0.717) is 5.56 Å². The molecule has 4 heteroatoms. The summed E-state index contributed by atoms with van der Waals surface area (Å²) >= 11 is 0. The molecular formula is C11H13NO3. The van der Waals surface area contributed by atoms with Crippen LogP contribution in [0.4, 0.5) is 0 Å². The van der Waals surface area contributed by atoms with Gasteiger partial charge in [-0.1, -0.05) is 17.7 Å². The zero-order valence-electron chi connectivity index (χ0n) is 8.74. The molecule has 0 aliphatic rings. The largest absolute Gasteiger partial charge is 0.445 e. The predicted molar refractivity (Wildman–Crippen MR) is 55.3 cm³/mol. The fraction of sp³-hybridized carbons (Fsp3) is 0.273. The van der Waals surface area contributed by atoms with Gasteiger partial charge in [0.25, 0.3) is 5.91 Å². The fourth-order valence-corrected chi connectivity index (χ4v) is 1.01. The average Bonchev–Trinajstić information content (AvgIpc) is 2.18. The highest BCUT2D eigenvalue weighted by Crippen LogP contribution is 2.02. The number of esters is 1. The van der Waals surface area contributed by atoms with Crippen molar-refractivity contribution in [2.75, 3.05) is 6.73 Å². The van der Waals surface area contributed by atoms with Crippen LogP contribution < -0.4 is 5.32 Å². The molecule has 0 aliphatic carbocycles. The fourth-order valence-electron chi connectivity index (χ4n) is 1.01. The minimum atomic E-state index is -0.417. The first-order valence-electron chi connectivity index (χ1n) is 4.58. The van der Waals surface area contributed by atoms with E-state index in [1.807, 2.05) is 19.1 Å². The van der Waals surface area contributed by atoms with E-state index >= 15 is 0 Å². The monoisotopic (exact) mass is 207 g/mol. The maximum atomic E-state index is 11.4. The van der Waals surface area contributed by atoms with Crippen molar-refractivity contribution in [3.8, 4) is 0 Å². The van der Waals surface area contributed by atoms with Crippen molar-refractivity contribution in [1.29, 1.82) is 0 Å². The normalized spacial score (nSPS) is 9.47. The highest BCUT2D eigenvalue weighted by molar-refractivity contribution is 5.94. The van der Waals surface area contributed by atoms with Crippen LogP contribution in [0.5, 0.6) is 0 Å². The maximum Gasteiger partial charge on any atom is 0.304 e. The second-order valence-electron chi connectivity index (χ2n) is 3.15. The number of carbonyl (C=O) groups excluding carboxylic acids is 2. The molecule has 0 radical (unpaired) electrons. The molecule has 1 amide bonds. The van der Waals surface area contributed by atoms with E-state index in [4.69, 9.17) is 0 Å². The molecule has 0 aliphatic heterocycles. The smallest absolute Gasteiger partial charge is 0.304 e. The van der Waals surface area contributed by atoms with Crippen LogP contribution in [0.2, 0.25) is 0 Å². The molecule has 1 aromatic carbocycles. The first-order chi connectivity index (χ1) is 7.09. The Morgan fingerprint density at radius 2 is 1.87 bits per heavy atom. The van der Waals surface area contributed by atoms with Gasteiger partial charge in [0.1, 0.15) is 0 Å². The Labute approximate surface area is 88.2 Å². The van der Waals surface area contributed by atoms with Gasteiger partial charge in [0.2, 0.25) is 0 Å². The summed E-state index contributed by atoms with van der Waals surface area (Å²) in [5.41, 5.74) is 1.64. The van der Waals surface area contributed by atoms with Crippen LogP contribution in [0.3, 0.4) is 0 Å². The van der Waals surface area contributed by atoms with Crippen molar-refractivity contribution >= 4 is 11.9 Å². The summed E-state index contributed by atoms with van der Waals surface area (Å²) < 4.78 is 4.59. The number of ether oxygens (including phenoxy) is 1. The van der Waals surface area contributed by atoms with Gasteiger partial charge < -0.3 is 10.1 Å². The summed E-state index contributed by atoms with van der Waals surface area (Å²) in [5, 5.41) is 2.47. The quantitative estimate of drug-likeness (QED) is 0.599. The molecule has 0 aromatic heterocycles. The third kappa shape index (κ3) is 3.81. The predicted octanol–water partition coefficient (Wildman–Crippen LogP) is 1.25. The van der Waals surface area contributed by atoms with Gasteiger partial charge >= 0.3 is 5.97 Å². The average molecular weight is 207 g/mol. The summed E-state index contributed by atoms with van der Waals surface area (Å²) in [5.74, 6) is -0.671. The Balaban J connectivity index is 2.47. The highest BCUT2D eigenvalue weighted by atomic mass is 16.5. The van der Waals surface area contributed by atoms with Gasteiger partial charge in [0.05, 0.1) is 0 Å². The van der Waals surface area contributed by atoms with Crippen molar-refractivity contribution in [2.24, 2.45) is 0 Å². The lowest BCUT2D eigenvalue weighted by atomic mass is 10.1. The molecule has 4 nitrogen and oxygen atoms in total. The molecule has 1 rings (SSSR count). The Bertz CT molecular complexity index is 357. The van der Waals surface area contributed by atoms with Crippen molar-refractivity contribution in [3.05, 3.63) is 35.4 Å². The molecule has 0 fully saturated rings. The SMILES string of the molecule is CC(=O)OCNC(=O)c1ccc(C)cc1. The first-order valence-corrected chi connectivity index (χ1v) is 4.58. The van der Waals surface area contributed by atoms with Gasteiger partial charge in [-0.2, -0.15) is 0 Å². The van der Waals surface area contributed by atoms with Crippen LogP contribution in [-0.2, 0) is 9.53 Å². The molecule has 80 valence electrons. The minimum Gasteiger partial charge on any atom is -0.445 e. The lowest BCUT2D eigenvalue weighted by Crippen LogP contribution is -2.27. The third-order valence-electron chi connectivity index (χ3n) is 1.82. The highest BCUT2D eigenvalue weighted by Gasteiger charge is 2.04. The van der Waals surface area contributed by atoms with Crippen LogP contribution in [0, 0.1) is 6.92 Å². The summed E-state index contributed by atoms with van der Waals surface area (Å²) in [4.78, 5) is 21.9. The number of benzene rings is 1. The van der Waals surface area contributed by atoms with E-state index in [0.717, 1.165) is 5.56 Å². The van der Waals surface area contributed by atoms with E-state index in [-0.39, 0.29) is 12.6 Å². The van der Waals surface area contributed by atoms with Crippen molar-refractivity contribution < 1.29 is 14.3 Å². The molecular weight excluding hydrogens is 194 g/mol. The van der Waals surface area contributed by atoms with Gasteiger partial charge in [0, 0.05) is 12.5 Å². The van der Waals surface area contributed by atoms with Gasteiger partial charge in [-0.25, -0.2) is 0 Å². The summed E-state index contributed by atoms with van der Waals surface area (Å²) in [6.45, 7) is 3.14. The summed E-state index contributed by atoms with van der Waals surface area (Å²) in [6.07, 6.45) is 0. The standard InChI is InChI=1S/C11H13NO3/c1-8-3-5-10(6-4-8)11(14)12-7-15-9(2)13/h3-6H,7H2,1-2H3,(H,12,14). The number of carbonyl (C=O) groups is 2. The van der Waals surface area contributed by atoms with Crippen molar-refractivity contribution in [1.82, 2.24) is 5.32 Å². The number of hydrogen-bond acceptors (Lipinski definition) is 3. The Kier molecular flexibility index (Phi) is 3.85. The van der Waals surface area contributed by atoms with Gasteiger partial charge in [-0.3, -0.25) is 9.59 Å².